The van der Waals surface area contributed by atoms with Crippen molar-refractivity contribution in [3.63, 3.8) is 0 Å². The van der Waals surface area contributed by atoms with Crippen LogP contribution in [0.1, 0.15) is 38.2 Å². The van der Waals surface area contributed by atoms with E-state index < -0.39 is 17.9 Å². The maximum absolute atomic E-state index is 12.8. The molecule has 0 spiro atoms. The zero-order valence-electron chi connectivity index (χ0n) is 16.7. The molecule has 28 heavy (non-hydrogen) atoms. The fourth-order valence-corrected chi connectivity index (χ4v) is 3.25. The van der Waals surface area contributed by atoms with Crippen LogP contribution in [0.15, 0.2) is 30.5 Å². The summed E-state index contributed by atoms with van der Waals surface area (Å²) in [6, 6.07) is 7.09. The highest BCUT2D eigenvalue weighted by Crippen LogP contribution is 2.20. The Morgan fingerprint density at radius 1 is 1.18 bits per heavy atom. The molecule has 7 nitrogen and oxygen atoms in total. The molecular formula is C21H29N3O4. The maximum atomic E-state index is 12.8. The van der Waals surface area contributed by atoms with Gasteiger partial charge in [0.05, 0.1) is 13.5 Å². The summed E-state index contributed by atoms with van der Waals surface area (Å²) in [5.41, 5.74) is 1.92. The average Bonchev–Trinajstić information content (AvgIpc) is 3.12. The molecule has 1 heterocycles. The number of methoxy groups -OCH3 is 1. The number of fused-ring (bicyclic) bond motifs is 1. The minimum atomic E-state index is -0.724. The van der Waals surface area contributed by atoms with E-state index in [0.29, 0.717) is 12.8 Å². The Balaban J connectivity index is 2.16. The molecule has 0 fully saturated rings. The third kappa shape index (κ3) is 5.58. The van der Waals surface area contributed by atoms with Crippen LogP contribution in [0.2, 0.25) is 0 Å². The monoisotopic (exact) mass is 387 g/mol. The first kappa shape index (κ1) is 21.5. The van der Waals surface area contributed by atoms with E-state index in [2.05, 4.69) is 15.6 Å². The number of H-pyrrole nitrogens is 1. The number of esters is 1. The Labute approximate surface area is 165 Å². The quantitative estimate of drug-likeness (QED) is 0.545. The van der Waals surface area contributed by atoms with E-state index in [4.69, 9.17) is 4.74 Å². The lowest BCUT2D eigenvalue weighted by molar-refractivity contribution is -0.144. The number of carbonyl (C=O) groups excluding carboxylic acids is 3. The van der Waals surface area contributed by atoms with Crippen LogP contribution in [-0.2, 0) is 25.5 Å². The first-order valence-corrected chi connectivity index (χ1v) is 9.63. The number of rotatable bonds is 10. The van der Waals surface area contributed by atoms with E-state index in [1.807, 2.05) is 37.4 Å². The molecule has 152 valence electrons. The Morgan fingerprint density at radius 2 is 1.93 bits per heavy atom. The number of hydrogen-bond acceptors (Lipinski definition) is 4. The molecule has 0 unspecified atom stereocenters. The van der Waals surface area contributed by atoms with Gasteiger partial charge in [-0.05, 0) is 18.1 Å². The second kappa shape index (κ2) is 10.5. The van der Waals surface area contributed by atoms with Gasteiger partial charge >= 0.3 is 5.97 Å². The largest absolute Gasteiger partial charge is 0.469 e. The maximum Gasteiger partial charge on any atom is 0.306 e. The Hall–Kier alpha value is -2.83. The minimum absolute atomic E-state index is 0.00980. The molecular weight excluding hydrogens is 358 g/mol. The fraction of sp³-hybridized carbons (Fsp3) is 0.476. The predicted octanol–water partition coefficient (Wildman–Crippen LogP) is 2.31. The van der Waals surface area contributed by atoms with Gasteiger partial charge in [0.2, 0.25) is 11.8 Å². The Kier molecular flexibility index (Phi) is 8.04. The fourth-order valence-electron chi connectivity index (χ4n) is 3.25. The van der Waals surface area contributed by atoms with Crippen LogP contribution in [0.25, 0.3) is 10.9 Å². The SMILES string of the molecule is CCCC[C@H](CC(=O)OC)C(=O)N[C@@H](Cc1c[nH]c2ccccc12)C(=O)NC. The predicted molar refractivity (Wildman–Crippen MR) is 108 cm³/mol. The zero-order chi connectivity index (χ0) is 20.5. The number of benzene rings is 1. The van der Waals surface area contributed by atoms with Gasteiger partial charge in [-0.2, -0.15) is 0 Å². The molecule has 2 atom stereocenters. The zero-order valence-corrected chi connectivity index (χ0v) is 16.7. The van der Waals surface area contributed by atoms with Crippen LogP contribution in [0.5, 0.6) is 0 Å². The van der Waals surface area contributed by atoms with Crippen LogP contribution in [0.3, 0.4) is 0 Å². The van der Waals surface area contributed by atoms with E-state index in [-0.39, 0.29) is 18.2 Å². The molecule has 1 aromatic carbocycles. The Bertz CT molecular complexity index is 815. The highest BCUT2D eigenvalue weighted by Gasteiger charge is 2.27. The molecule has 2 amide bonds. The number of aromatic nitrogens is 1. The molecule has 0 bridgehead atoms. The van der Waals surface area contributed by atoms with Gasteiger partial charge in [0.25, 0.3) is 0 Å². The first-order valence-electron chi connectivity index (χ1n) is 9.63. The summed E-state index contributed by atoms with van der Waals surface area (Å²) in [4.78, 5) is 40.1. The molecule has 0 aliphatic rings. The number of para-hydroxylation sites is 1. The molecule has 0 saturated carbocycles. The van der Waals surface area contributed by atoms with Crippen molar-refractivity contribution in [2.45, 2.75) is 45.1 Å². The van der Waals surface area contributed by atoms with Gasteiger partial charge in [0, 0.05) is 36.5 Å². The summed E-state index contributed by atoms with van der Waals surface area (Å²) in [5, 5.41) is 6.46. The van der Waals surface area contributed by atoms with Crippen molar-refractivity contribution in [1.82, 2.24) is 15.6 Å². The second-order valence-electron chi connectivity index (χ2n) is 6.86. The van der Waals surface area contributed by atoms with E-state index in [9.17, 15) is 14.4 Å². The molecule has 7 heteroatoms. The molecule has 0 aliphatic carbocycles. The first-order chi connectivity index (χ1) is 13.5. The van der Waals surface area contributed by atoms with Crippen LogP contribution in [0, 0.1) is 5.92 Å². The lowest BCUT2D eigenvalue weighted by Gasteiger charge is -2.21. The Morgan fingerprint density at radius 3 is 2.61 bits per heavy atom. The number of aromatic amines is 1. The summed E-state index contributed by atoms with van der Waals surface area (Å²) in [6.45, 7) is 2.03. The summed E-state index contributed by atoms with van der Waals surface area (Å²) in [6.07, 6.45) is 4.53. The van der Waals surface area contributed by atoms with Crippen LogP contribution in [0.4, 0.5) is 0 Å². The standard InChI is InChI=1S/C21H29N3O4/c1-4-5-8-14(12-19(25)28-3)20(26)24-18(21(27)22-2)11-15-13-23-17-10-7-6-9-16(15)17/h6-7,9-10,13-14,18,23H,4-5,8,11-12H2,1-3H3,(H,22,27)(H,24,26)/t14-,18+/m1/s1. The highest BCUT2D eigenvalue weighted by atomic mass is 16.5. The van der Waals surface area contributed by atoms with Gasteiger partial charge in [-0.1, -0.05) is 38.0 Å². The lowest BCUT2D eigenvalue weighted by atomic mass is 9.96. The third-order valence-electron chi connectivity index (χ3n) is 4.90. The number of nitrogens with one attached hydrogen (secondary N) is 3. The van der Waals surface area contributed by atoms with Crippen molar-refractivity contribution < 1.29 is 19.1 Å². The highest BCUT2D eigenvalue weighted by molar-refractivity contribution is 5.91. The van der Waals surface area contributed by atoms with Crippen molar-refractivity contribution >= 4 is 28.7 Å². The number of hydrogen-bond donors (Lipinski definition) is 3. The number of likely N-dealkylation sites (N-methyl/N-ethyl adjacent to an activating group) is 1. The summed E-state index contributed by atoms with van der Waals surface area (Å²) < 4.78 is 4.72. The summed E-state index contributed by atoms with van der Waals surface area (Å²) in [5.74, 6) is -1.51. The van der Waals surface area contributed by atoms with E-state index in [1.165, 1.54) is 7.11 Å². The van der Waals surface area contributed by atoms with Gasteiger partial charge in [-0.25, -0.2) is 0 Å². The van der Waals surface area contributed by atoms with Crippen LogP contribution in [-0.4, -0.2) is 43.0 Å². The van der Waals surface area contributed by atoms with Crippen molar-refractivity contribution in [3.05, 3.63) is 36.0 Å². The van der Waals surface area contributed by atoms with Crippen molar-refractivity contribution in [2.24, 2.45) is 5.92 Å². The van der Waals surface area contributed by atoms with Crippen molar-refractivity contribution in [2.75, 3.05) is 14.2 Å². The average molecular weight is 387 g/mol. The van der Waals surface area contributed by atoms with Gasteiger partial charge in [-0.15, -0.1) is 0 Å². The number of amides is 2. The molecule has 2 aromatic rings. The van der Waals surface area contributed by atoms with Gasteiger partial charge in [-0.3, -0.25) is 14.4 Å². The van der Waals surface area contributed by atoms with E-state index >= 15 is 0 Å². The summed E-state index contributed by atoms with van der Waals surface area (Å²) >= 11 is 0. The third-order valence-corrected chi connectivity index (χ3v) is 4.90. The molecule has 0 saturated heterocycles. The van der Waals surface area contributed by atoms with Crippen LogP contribution >= 0.6 is 0 Å². The van der Waals surface area contributed by atoms with E-state index in [0.717, 1.165) is 29.3 Å². The molecule has 0 radical (unpaired) electrons. The normalized spacial score (nSPS) is 13.0. The number of unbranched alkanes of at least 4 members (excludes halogenated alkanes) is 1. The minimum Gasteiger partial charge on any atom is -0.469 e. The van der Waals surface area contributed by atoms with Gasteiger partial charge in [0.1, 0.15) is 6.04 Å². The van der Waals surface area contributed by atoms with Crippen molar-refractivity contribution in [1.29, 1.82) is 0 Å². The molecule has 3 N–H and O–H groups in total. The topological polar surface area (TPSA) is 100 Å². The smallest absolute Gasteiger partial charge is 0.306 e. The van der Waals surface area contributed by atoms with Gasteiger partial charge in [0.15, 0.2) is 0 Å². The van der Waals surface area contributed by atoms with Crippen LogP contribution < -0.4 is 10.6 Å². The van der Waals surface area contributed by atoms with E-state index in [1.54, 1.807) is 7.05 Å². The number of carbonyl (C=O) groups is 3. The molecule has 2 rings (SSSR count). The molecule has 0 aliphatic heterocycles. The van der Waals surface area contributed by atoms with Gasteiger partial charge < -0.3 is 20.4 Å². The number of ether oxygens (including phenoxy) is 1. The molecule has 1 aromatic heterocycles. The van der Waals surface area contributed by atoms with Crippen molar-refractivity contribution in [3.8, 4) is 0 Å². The summed E-state index contributed by atoms with van der Waals surface area (Å²) in [7, 11) is 2.85. The lowest BCUT2D eigenvalue weighted by Crippen LogP contribution is -2.49. The second-order valence-corrected chi connectivity index (χ2v) is 6.86.